The molecule has 1 atom stereocenters. The summed E-state index contributed by atoms with van der Waals surface area (Å²) in [6.45, 7) is 0.987. The number of nitrogens with zero attached hydrogens (tertiary/aromatic N) is 2. The largest absolute Gasteiger partial charge is 0.264 e. The normalized spacial score (nSPS) is 24.5. The van der Waals surface area contributed by atoms with Crippen molar-refractivity contribution in [3.8, 4) is 0 Å². The Morgan fingerprint density at radius 3 is 2.93 bits per heavy atom. The predicted molar refractivity (Wildman–Crippen MR) is 62.6 cm³/mol. The van der Waals surface area contributed by atoms with Gasteiger partial charge in [0.05, 0.1) is 6.04 Å². The Morgan fingerprint density at radius 1 is 1.27 bits per heavy atom. The third kappa shape index (κ3) is 2.93. The van der Waals surface area contributed by atoms with E-state index in [9.17, 15) is 0 Å². The second-order valence-electron chi connectivity index (χ2n) is 4.13. The quantitative estimate of drug-likeness (QED) is 0.679. The van der Waals surface area contributed by atoms with E-state index in [1.807, 2.05) is 22.9 Å². The Morgan fingerprint density at radius 2 is 2.13 bits per heavy atom. The fourth-order valence-electron chi connectivity index (χ4n) is 2.15. The summed E-state index contributed by atoms with van der Waals surface area (Å²) in [7, 11) is 0. The summed E-state index contributed by atoms with van der Waals surface area (Å²) in [5.41, 5.74) is 1.24. The van der Waals surface area contributed by atoms with Crippen LogP contribution in [-0.4, -0.2) is 15.9 Å². The highest BCUT2D eigenvalue weighted by Crippen LogP contribution is 2.30. The molecule has 1 aromatic rings. The van der Waals surface area contributed by atoms with Crippen LogP contribution >= 0.6 is 11.8 Å². The SMILES string of the molecule is ClN1CCCCCC[C@H]1c1cccnc1. The van der Waals surface area contributed by atoms with E-state index in [1.54, 1.807) is 0 Å². The molecular weight excluding hydrogens is 208 g/mol. The van der Waals surface area contributed by atoms with Crippen molar-refractivity contribution in [2.24, 2.45) is 0 Å². The summed E-state index contributed by atoms with van der Waals surface area (Å²) in [4.78, 5) is 4.16. The summed E-state index contributed by atoms with van der Waals surface area (Å²) in [6.07, 6.45) is 10.0. The van der Waals surface area contributed by atoms with Crippen LogP contribution in [0, 0.1) is 0 Å². The molecule has 0 aromatic carbocycles. The summed E-state index contributed by atoms with van der Waals surface area (Å²) in [6, 6.07) is 4.45. The van der Waals surface area contributed by atoms with Crippen LogP contribution in [0.2, 0.25) is 0 Å². The average Bonchev–Trinajstić information content (AvgIpc) is 2.25. The molecule has 0 N–H and O–H groups in total. The van der Waals surface area contributed by atoms with Gasteiger partial charge in [0.2, 0.25) is 0 Å². The third-order valence-corrected chi connectivity index (χ3v) is 3.41. The minimum absolute atomic E-state index is 0.348. The molecule has 2 rings (SSSR count). The molecule has 1 aromatic heterocycles. The van der Waals surface area contributed by atoms with Crippen molar-refractivity contribution in [3.63, 3.8) is 0 Å². The lowest BCUT2D eigenvalue weighted by molar-refractivity contribution is 0.291. The first kappa shape index (κ1) is 10.9. The van der Waals surface area contributed by atoms with Crippen LogP contribution in [-0.2, 0) is 0 Å². The van der Waals surface area contributed by atoms with Crippen molar-refractivity contribution >= 4 is 11.8 Å². The molecule has 0 unspecified atom stereocenters. The van der Waals surface area contributed by atoms with Gasteiger partial charge < -0.3 is 0 Å². The van der Waals surface area contributed by atoms with Crippen molar-refractivity contribution in [2.75, 3.05) is 6.54 Å². The molecule has 3 heteroatoms. The number of aromatic nitrogens is 1. The highest BCUT2D eigenvalue weighted by atomic mass is 35.5. The van der Waals surface area contributed by atoms with E-state index in [1.165, 1.54) is 31.2 Å². The number of rotatable bonds is 1. The topological polar surface area (TPSA) is 16.1 Å². The zero-order valence-corrected chi connectivity index (χ0v) is 9.66. The molecule has 0 aliphatic carbocycles. The Bertz CT molecular complexity index is 289. The second kappa shape index (κ2) is 5.47. The molecule has 82 valence electrons. The Hall–Kier alpha value is -0.600. The number of halogens is 1. The number of pyridine rings is 1. The van der Waals surface area contributed by atoms with Gasteiger partial charge in [-0.2, -0.15) is 0 Å². The lowest BCUT2D eigenvalue weighted by Gasteiger charge is -2.27. The van der Waals surface area contributed by atoms with Crippen LogP contribution in [0.5, 0.6) is 0 Å². The van der Waals surface area contributed by atoms with E-state index < -0.39 is 0 Å². The molecule has 15 heavy (non-hydrogen) atoms. The van der Waals surface area contributed by atoms with Gasteiger partial charge in [0.1, 0.15) is 0 Å². The van der Waals surface area contributed by atoms with Crippen LogP contribution in [0.1, 0.15) is 43.7 Å². The maximum atomic E-state index is 6.30. The standard InChI is InChI=1S/C12H17ClN2/c13-15-9-4-2-1-3-7-12(15)11-6-5-8-14-10-11/h5-6,8,10,12H,1-4,7,9H2/t12-/m0/s1. The summed E-state index contributed by atoms with van der Waals surface area (Å²) in [5, 5.41) is 0. The monoisotopic (exact) mass is 224 g/mol. The van der Waals surface area contributed by atoms with Gasteiger partial charge in [0.25, 0.3) is 0 Å². The van der Waals surface area contributed by atoms with Gasteiger partial charge in [0.15, 0.2) is 0 Å². The maximum Gasteiger partial charge on any atom is 0.0516 e. The van der Waals surface area contributed by atoms with Crippen molar-refractivity contribution < 1.29 is 0 Å². The molecule has 0 saturated carbocycles. The molecule has 0 bridgehead atoms. The van der Waals surface area contributed by atoms with Crippen LogP contribution in [0.25, 0.3) is 0 Å². The Kier molecular flexibility index (Phi) is 3.98. The van der Waals surface area contributed by atoms with Gasteiger partial charge in [-0.3, -0.25) is 4.98 Å². The lowest BCUT2D eigenvalue weighted by atomic mass is 9.99. The van der Waals surface area contributed by atoms with E-state index in [0.717, 1.165) is 13.0 Å². The number of hydrogen-bond donors (Lipinski definition) is 0. The van der Waals surface area contributed by atoms with E-state index in [-0.39, 0.29) is 0 Å². The zero-order chi connectivity index (χ0) is 10.5. The highest BCUT2D eigenvalue weighted by molar-refractivity contribution is 6.13. The van der Waals surface area contributed by atoms with Crippen molar-refractivity contribution in [3.05, 3.63) is 30.1 Å². The Balaban J connectivity index is 2.10. The van der Waals surface area contributed by atoms with Crippen LogP contribution in [0.4, 0.5) is 0 Å². The van der Waals surface area contributed by atoms with Crippen molar-refractivity contribution in [2.45, 2.75) is 38.1 Å². The van der Waals surface area contributed by atoms with Crippen molar-refractivity contribution in [1.29, 1.82) is 0 Å². The molecule has 1 fully saturated rings. The lowest BCUT2D eigenvalue weighted by Crippen LogP contribution is -2.22. The second-order valence-corrected chi connectivity index (χ2v) is 4.56. The summed E-state index contributed by atoms with van der Waals surface area (Å²) >= 11 is 6.30. The molecule has 2 nitrogen and oxygen atoms in total. The highest BCUT2D eigenvalue weighted by Gasteiger charge is 2.19. The third-order valence-electron chi connectivity index (χ3n) is 3.01. The predicted octanol–water partition coefficient (Wildman–Crippen LogP) is 3.54. The van der Waals surface area contributed by atoms with Gasteiger partial charge in [0, 0.05) is 18.9 Å². The van der Waals surface area contributed by atoms with Gasteiger partial charge >= 0.3 is 0 Å². The molecule has 2 heterocycles. The van der Waals surface area contributed by atoms with E-state index >= 15 is 0 Å². The van der Waals surface area contributed by atoms with Crippen LogP contribution in [0.15, 0.2) is 24.5 Å². The Labute approximate surface area is 96.4 Å². The minimum Gasteiger partial charge on any atom is -0.264 e. The molecule has 1 saturated heterocycles. The molecular formula is C12H17ClN2. The zero-order valence-electron chi connectivity index (χ0n) is 8.90. The van der Waals surface area contributed by atoms with Gasteiger partial charge in [-0.1, -0.05) is 25.3 Å². The molecule has 0 radical (unpaired) electrons. The van der Waals surface area contributed by atoms with Crippen LogP contribution in [0.3, 0.4) is 0 Å². The maximum absolute atomic E-state index is 6.30. The fraction of sp³-hybridized carbons (Fsp3) is 0.583. The fourth-order valence-corrected chi connectivity index (χ4v) is 2.48. The summed E-state index contributed by atoms with van der Waals surface area (Å²) < 4.78 is 1.95. The molecule has 0 amide bonds. The van der Waals surface area contributed by atoms with Crippen LogP contribution < -0.4 is 0 Å². The van der Waals surface area contributed by atoms with E-state index in [4.69, 9.17) is 11.8 Å². The number of hydrogen-bond acceptors (Lipinski definition) is 2. The first-order valence-electron chi connectivity index (χ1n) is 5.70. The molecule has 1 aliphatic heterocycles. The van der Waals surface area contributed by atoms with Gasteiger partial charge in [-0.05, 0) is 36.2 Å². The van der Waals surface area contributed by atoms with E-state index in [0.29, 0.717) is 6.04 Å². The van der Waals surface area contributed by atoms with E-state index in [2.05, 4.69) is 11.1 Å². The first-order valence-corrected chi connectivity index (χ1v) is 6.04. The smallest absolute Gasteiger partial charge is 0.0516 e. The van der Waals surface area contributed by atoms with Crippen molar-refractivity contribution in [1.82, 2.24) is 9.40 Å². The summed E-state index contributed by atoms with van der Waals surface area (Å²) in [5.74, 6) is 0. The molecule has 0 spiro atoms. The molecule has 1 aliphatic rings. The average molecular weight is 225 g/mol. The minimum atomic E-state index is 0.348. The first-order chi connectivity index (χ1) is 7.38. The van der Waals surface area contributed by atoms with Gasteiger partial charge in [-0.15, -0.1) is 0 Å². The van der Waals surface area contributed by atoms with Gasteiger partial charge in [-0.25, -0.2) is 4.42 Å².